The van der Waals surface area contributed by atoms with E-state index in [2.05, 4.69) is 25.5 Å². The summed E-state index contributed by atoms with van der Waals surface area (Å²) in [6, 6.07) is 0. The zero-order valence-electron chi connectivity index (χ0n) is 14.8. The van der Waals surface area contributed by atoms with E-state index in [1.54, 1.807) is 14.2 Å². The Bertz CT molecular complexity index is 522. The Labute approximate surface area is 150 Å². The zero-order valence-corrected chi connectivity index (χ0v) is 15.6. The molecule has 0 aliphatic heterocycles. The largest absolute Gasteiger partial charge is 0.434 e. The van der Waals surface area contributed by atoms with E-state index in [0.717, 1.165) is 49.4 Å². The molecular formula is C15H26F3N5OS. The van der Waals surface area contributed by atoms with Crippen molar-refractivity contribution >= 4 is 17.3 Å². The second-order valence-electron chi connectivity index (χ2n) is 5.45. The maximum atomic E-state index is 12.5. The molecule has 0 fully saturated rings. The van der Waals surface area contributed by atoms with Gasteiger partial charge in [-0.1, -0.05) is 0 Å². The fourth-order valence-corrected chi connectivity index (χ4v) is 2.83. The van der Waals surface area contributed by atoms with Crippen molar-refractivity contribution in [1.29, 1.82) is 0 Å². The first-order valence-electron chi connectivity index (χ1n) is 8.00. The summed E-state index contributed by atoms with van der Waals surface area (Å²) in [7, 11) is 5.38. The molecule has 25 heavy (non-hydrogen) atoms. The number of hydrogen-bond acceptors (Lipinski definition) is 5. The number of hydrogen-bond donors (Lipinski definition) is 2. The van der Waals surface area contributed by atoms with E-state index in [1.807, 2.05) is 7.05 Å². The summed E-state index contributed by atoms with van der Waals surface area (Å²) in [6.45, 7) is 3.74. The minimum Gasteiger partial charge on any atom is -0.385 e. The van der Waals surface area contributed by atoms with Crippen molar-refractivity contribution in [3.05, 3.63) is 16.1 Å². The molecule has 0 radical (unpaired) electrons. The third-order valence-electron chi connectivity index (χ3n) is 3.37. The van der Waals surface area contributed by atoms with Gasteiger partial charge >= 0.3 is 6.18 Å². The minimum atomic E-state index is -4.38. The second kappa shape index (κ2) is 11.3. The van der Waals surface area contributed by atoms with Crippen molar-refractivity contribution < 1.29 is 17.9 Å². The van der Waals surface area contributed by atoms with Gasteiger partial charge in [-0.25, -0.2) is 4.98 Å². The van der Waals surface area contributed by atoms with Gasteiger partial charge in [0.15, 0.2) is 11.7 Å². The number of guanidine groups is 1. The van der Waals surface area contributed by atoms with Gasteiger partial charge in [-0.05, 0) is 13.5 Å². The molecule has 0 aliphatic rings. The fourth-order valence-electron chi connectivity index (χ4n) is 2.02. The van der Waals surface area contributed by atoms with Crippen LogP contribution in [0.15, 0.2) is 10.4 Å². The van der Waals surface area contributed by atoms with Gasteiger partial charge in [0.25, 0.3) is 0 Å². The van der Waals surface area contributed by atoms with Crippen LogP contribution in [-0.2, 0) is 17.3 Å². The van der Waals surface area contributed by atoms with Gasteiger partial charge in [-0.15, -0.1) is 11.3 Å². The van der Waals surface area contributed by atoms with Gasteiger partial charge < -0.3 is 20.3 Å². The molecule has 2 N–H and O–H groups in total. The molecule has 0 aliphatic carbocycles. The number of halogens is 3. The van der Waals surface area contributed by atoms with Crippen molar-refractivity contribution in [3.8, 4) is 0 Å². The van der Waals surface area contributed by atoms with Crippen LogP contribution in [0.3, 0.4) is 0 Å². The smallest absolute Gasteiger partial charge is 0.385 e. The number of ether oxygens (including phenoxy) is 1. The highest BCUT2D eigenvalue weighted by atomic mass is 32.1. The van der Waals surface area contributed by atoms with Crippen LogP contribution >= 0.6 is 11.3 Å². The number of methoxy groups -OCH3 is 1. The number of likely N-dealkylation sites (N-methyl/N-ethyl adjacent to an activating group) is 1. The highest BCUT2D eigenvalue weighted by Gasteiger charge is 2.33. The van der Waals surface area contributed by atoms with Crippen LogP contribution in [0, 0.1) is 0 Å². The van der Waals surface area contributed by atoms with Crippen molar-refractivity contribution in [2.45, 2.75) is 19.0 Å². The third-order valence-corrected chi connectivity index (χ3v) is 4.28. The number of aliphatic imine (C=N–C) groups is 1. The normalized spacial score (nSPS) is 12.7. The molecule has 0 spiro atoms. The third kappa shape index (κ3) is 9.03. The van der Waals surface area contributed by atoms with Crippen molar-refractivity contribution in [3.63, 3.8) is 0 Å². The monoisotopic (exact) mass is 381 g/mol. The van der Waals surface area contributed by atoms with Crippen LogP contribution in [0.5, 0.6) is 0 Å². The van der Waals surface area contributed by atoms with E-state index in [9.17, 15) is 13.2 Å². The number of aromatic nitrogens is 1. The lowest BCUT2D eigenvalue weighted by molar-refractivity contribution is -0.140. The van der Waals surface area contributed by atoms with E-state index in [1.165, 1.54) is 0 Å². The summed E-state index contributed by atoms with van der Waals surface area (Å²) >= 11 is 1.02. The molecule has 0 atom stereocenters. The van der Waals surface area contributed by atoms with Crippen LogP contribution in [0.4, 0.5) is 13.2 Å². The highest BCUT2D eigenvalue weighted by molar-refractivity contribution is 7.09. The Morgan fingerprint density at radius 3 is 2.64 bits per heavy atom. The molecule has 0 amide bonds. The van der Waals surface area contributed by atoms with Gasteiger partial charge in [-0.3, -0.25) is 4.99 Å². The quantitative estimate of drug-likeness (QED) is 0.368. The Hall–Kier alpha value is -1.39. The molecule has 144 valence electrons. The highest BCUT2D eigenvalue weighted by Crippen LogP contribution is 2.29. The molecule has 1 rings (SSSR count). The average molecular weight is 381 g/mol. The molecule has 10 heteroatoms. The maximum Gasteiger partial charge on any atom is 0.434 e. The molecule has 0 saturated carbocycles. The molecule has 0 unspecified atom stereocenters. The second-order valence-corrected chi connectivity index (χ2v) is 6.39. The fraction of sp³-hybridized carbons (Fsp3) is 0.733. The van der Waals surface area contributed by atoms with Crippen LogP contribution < -0.4 is 10.6 Å². The van der Waals surface area contributed by atoms with Crippen LogP contribution in [0.1, 0.15) is 17.1 Å². The Morgan fingerprint density at radius 2 is 2.04 bits per heavy atom. The average Bonchev–Trinajstić information content (AvgIpc) is 3.03. The van der Waals surface area contributed by atoms with Crippen LogP contribution in [0.25, 0.3) is 0 Å². The Kier molecular flexibility index (Phi) is 9.76. The molecule has 0 saturated heterocycles. The lowest BCUT2D eigenvalue weighted by Gasteiger charge is -2.18. The molecule has 1 heterocycles. The molecule has 0 aromatic carbocycles. The predicted molar refractivity (Wildman–Crippen MR) is 94.2 cm³/mol. The Balaban J connectivity index is 2.23. The molecule has 0 bridgehead atoms. The Morgan fingerprint density at radius 1 is 1.32 bits per heavy atom. The van der Waals surface area contributed by atoms with Crippen molar-refractivity contribution in [1.82, 2.24) is 20.5 Å². The first kappa shape index (κ1) is 21.7. The predicted octanol–water partition coefficient (Wildman–Crippen LogP) is 1.84. The van der Waals surface area contributed by atoms with E-state index < -0.39 is 11.9 Å². The molecule has 1 aromatic heterocycles. The summed E-state index contributed by atoms with van der Waals surface area (Å²) in [5.41, 5.74) is -0.827. The SMILES string of the molecule is CN=C(NCCc1nc(C(F)(F)F)cs1)NCCN(C)CCCOC. The number of alkyl halides is 3. The summed E-state index contributed by atoms with van der Waals surface area (Å²) in [4.78, 5) is 9.88. The minimum absolute atomic E-state index is 0.415. The van der Waals surface area contributed by atoms with Gasteiger partial charge in [0.05, 0.1) is 5.01 Å². The lowest BCUT2D eigenvalue weighted by Crippen LogP contribution is -2.41. The van der Waals surface area contributed by atoms with Gasteiger partial charge in [-0.2, -0.15) is 13.2 Å². The van der Waals surface area contributed by atoms with E-state index >= 15 is 0 Å². The van der Waals surface area contributed by atoms with Crippen molar-refractivity contribution in [2.75, 3.05) is 54.0 Å². The van der Waals surface area contributed by atoms with E-state index in [0.29, 0.717) is 23.9 Å². The molecular weight excluding hydrogens is 355 g/mol. The summed E-state index contributed by atoms with van der Waals surface area (Å²) in [6.07, 6.45) is -2.98. The van der Waals surface area contributed by atoms with E-state index in [4.69, 9.17) is 4.74 Å². The zero-order chi connectivity index (χ0) is 18.7. The van der Waals surface area contributed by atoms with Gasteiger partial charge in [0, 0.05) is 58.7 Å². The summed E-state index contributed by atoms with van der Waals surface area (Å²) in [5, 5.41) is 7.75. The topological polar surface area (TPSA) is 61.8 Å². The molecule has 6 nitrogen and oxygen atoms in total. The standard InChI is InChI=1S/C15H26F3N5OS/c1-19-14(21-7-9-23(2)8-4-10-24-3)20-6-5-13-22-12(11-25-13)15(16,17)18/h11H,4-10H2,1-3H3,(H2,19,20,21). The number of thiazole rings is 1. The lowest BCUT2D eigenvalue weighted by atomic mass is 10.4. The van der Waals surface area contributed by atoms with Crippen molar-refractivity contribution in [2.24, 2.45) is 4.99 Å². The number of rotatable bonds is 10. The van der Waals surface area contributed by atoms with Gasteiger partial charge in [0.2, 0.25) is 0 Å². The number of nitrogens with one attached hydrogen (secondary N) is 2. The first-order valence-corrected chi connectivity index (χ1v) is 8.88. The molecule has 1 aromatic rings. The van der Waals surface area contributed by atoms with E-state index in [-0.39, 0.29) is 0 Å². The van der Waals surface area contributed by atoms with Gasteiger partial charge in [0.1, 0.15) is 0 Å². The maximum absolute atomic E-state index is 12.5. The summed E-state index contributed by atoms with van der Waals surface area (Å²) in [5.74, 6) is 0.623. The van der Waals surface area contributed by atoms with Crippen LogP contribution in [0.2, 0.25) is 0 Å². The van der Waals surface area contributed by atoms with Crippen LogP contribution in [-0.4, -0.2) is 69.8 Å². The summed E-state index contributed by atoms with van der Waals surface area (Å²) < 4.78 is 42.5. The number of nitrogens with zero attached hydrogens (tertiary/aromatic N) is 3. The first-order chi connectivity index (χ1) is 11.9.